The first-order chi connectivity index (χ1) is 13.4. The number of carbonyl (C=O) groups excluding carboxylic acids is 1. The van der Waals surface area contributed by atoms with Crippen molar-refractivity contribution in [3.63, 3.8) is 0 Å². The number of halogens is 3. The highest BCUT2D eigenvalue weighted by Gasteiger charge is 2.38. The Morgan fingerprint density at radius 2 is 1.75 bits per heavy atom. The Labute approximate surface area is 157 Å². The molecule has 3 aromatic rings. The van der Waals surface area contributed by atoms with Gasteiger partial charge in [0.1, 0.15) is 11.9 Å². The molecule has 0 saturated carbocycles. The first-order valence-electron chi connectivity index (χ1n) is 8.42. The molecule has 1 amide bonds. The summed E-state index contributed by atoms with van der Waals surface area (Å²) in [5.74, 6) is -1.05. The quantitative estimate of drug-likeness (QED) is 0.681. The van der Waals surface area contributed by atoms with Crippen molar-refractivity contribution in [3.8, 4) is 17.1 Å². The van der Waals surface area contributed by atoms with Crippen LogP contribution in [0.2, 0.25) is 0 Å². The van der Waals surface area contributed by atoms with Crippen LogP contribution in [0.4, 0.5) is 13.2 Å². The summed E-state index contributed by atoms with van der Waals surface area (Å²) in [5.41, 5.74) is 1.00. The van der Waals surface area contributed by atoms with E-state index in [2.05, 4.69) is 14.7 Å². The molecule has 0 aliphatic carbocycles. The predicted octanol–water partition coefficient (Wildman–Crippen LogP) is 3.66. The Kier molecular flexibility index (Phi) is 4.50. The molecule has 2 aromatic carbocycles. The summed E-state index contributed by atoms with van der Waals surface area (Å²) in [6.45, 7) is 0.935. The maximum Gasteiger partial charge on any atom is 0.471 e. The van der Waals surface area contributed by atoms with Gasteiger partial charge < -0.3 is 14.2 Å². The monoisotopic (exact) mass is 389 g/mol. The van der Waals surface area contributed by atoms with Gasteiger partial charge in [0.15, 0.2) is 0 Å². The average Bonchev–Trinajstić information content (AvgIpc) is 3.16. The number of nitrogens with zero attached hydrogens (tertiary/aromatic N) is 3. The van der Waals surface area contributed by atoms with Gasteiger partial charge in [0.2, 0.25) is 5.82 Å². The van der Waals surface area contributed by atoms with Gasteiger partial charge in [-0.2, -0.15) is 18.2 Å². The molecule has 4 rings (SSSR count). The summed E-state index contributed by atoms with van der Waals surface area (Å²) in [7, 11) is 0. The molecule has 6 nitrogen and oxygen atoms in total. The number of aromatic nitrogens is 2. The number of amides is 1. The fraction of sp³-hybridized carbons (Fsp3) is 0.211. The highest BCUT2D eigenvalue weighted by Crippen LogP contribution is 2.30. The highest BCUT2D eigenvalue weighted by atomic mass is 19.4. The van der Waals surface area contributed by atoms with Crippen molar-refractivity contribution in [2.75, 3.05) is 13.1 Å². The van der Waals surface area contributed by atoms with E-state index in [1.165, 1.54) is 0 Å². The van der Waals surface area contributed by atoms with Gasteiger partial charge in [0, 0.05) is 11.1 Å². The third kappa shape index (κ3) is 3.68. The number of carbonyl (C=O) groups is 1. The van der Waals surface area contributed by atoms with E-state index >= 15 is 0 Å². The lowest BCUT2D eigenvalue weighted by Gasteiger charge is -2.39. The molecular weight excluding hydrogens is 375 g/mol. The average molecular weight is 389 g/mol. The third-order valence-corrected chi connectivity index (χ3v) is 4.24. The van der Waals surface area contributed by atoms with Crippen molar-refractivity contribution < 1.29 is 27.2 Å². The molecule has 0 spiro atoms. The summed E-state index contributed by atoms with van der Waals surface area (Å²) < 4.78 is 47.6. The van der Waals surface area contributed by atoms with Crippen molar-refractivity contribution in [2.45, 2.75) is 12.3 Å². The summed E-state index contributed by atoms with van der Waals surface area (Å²) in [6.07, 6.45) is -4.82. The van der Waals surface area contributed by atoms with Gasteiger partial charge in [-0.3, -0.25) is 4.79 Å². The lowest BCUT2D eigenvalue weighted by molar-refractivity contribution is -0.159. The van der Waals surface area contributed by atoms with Crippen LogP contribution >= 0.6 is 0 Å². The largest absolute Gasteiger partial charge is 0.487 e. The zero-order valence-corrected chi connectivity index (χ0v) is 14.4. The van der Waals surface area contributed by atoms with E-state index in [0.29, 0.717) is 30.0 Å². The number of benzene rings is 2. The zero-order valence-electron chi connectivity index (χ0n) is 14.4. The van der Waals surface area contributed by atoms with Crippen LogP contribution in [0.5, 0.6) is 5.75 Å². The van der Waals surface area contributed by atoms with Crippen LogP contribution in [0.15, 0.2) is 59.1 Å². The van der Waals surface area contributed by atoms with Crippen LogP contribution in [0, 0.1) is 0 Å². The molecular formula is C19H14F3N3O3. The maximum atomic E-state index is 12.5. The van der Waals surface area contributed by atoms with E-state index in [9.17, 15) is 18.0 Å². The fourth-order valence-corrected chi connectivity index (χ4v) is 2.77. The molecule has 1 aromatic heterocycles. The fourth-order valence-electron chi connectivity index (χ4n) is 2.77. The van der Waals surface area contributed by atoms with Gasteiger partial charge in [-0.1, -0.05) is 23.4 Å². The van der Waals surface area contributed by atoms with E-state index in [1.807, 2.05) is 18.2 Å². The standard InChI is InChI=1S/C19H14F3N3O3/c20-19(21,22)18-23-16(24-28-18)12-6-8-14(9-7-12)27-15-10-25(11-15)17(26)13-4-2-1-3-5-13/h1-9,15H,10-11H2. The van der Waals surface area contributed by atoms with Crippen LogP contribution in [0.25, 0.3) is 11.4 Å². The summed E-state index contributed by atoms with van der Waals surface area (Å²) in [5, 5.41) is 3.34. The Morgan fingerprint density at radius 3 is 2.36 bits per heavy atom. The van der Waals surface area contributed by atoms with Gasteiger partial charge in [-0.05, 0) is 36.4 Å². The van der Waals surface area contributed by atoms with Gasteiger partial charge in [-0.15, -0.1) is 0 Å². The lowest BCUT2D eigenvalue weighted by atomic mass is 10.1. The van der Waals surface area contributed by atoms with Crippen molar-refractivity contribution in [2.24, 2.45) is 0 Å². The molecule has 1 saturated heterocycles. The number of hydrogen-bond acceptors (Lipinski definition) is 5. The summed E-state index contributed by atoms with van der Waals surface area (Å²) in [4.78, 5) is 17.3. The van der Waals surface area contributed by atoms with Crippen LogP contribution < -0.4 is 4.74 Å². The minimum atomic E-state index is -4.68. The minimum Gasteiger partial charge on any atom is -0.487 e. The lowest BCUT2D eigenvalue weighted by Crippen LogP contribution is -2.56. The molecule has 1 fully saturated rings. The molecule has 2 heterocycles. The van der Waals surface area contributed by atoms with Crippen molar-refractivity contribution in [3.05, 3.63) is 66.1 Å². The molecule has 0 N–H and O–H groups in total. The Balaban J connectivity index is 1.33. The second kappa shape index (κ2) is 6.99. The second-order valence-corrected chi connectivity index (χ2v) is 6.26. The Bertz CT molecular complexity index is 965. The van der Waals surface area contributed by atoms with Crippen LogP contribution in [-0.2, 0) is 6.18 Å². The van der Waals surface area contributed by atoms with Crippen molar-refractivity contribution >= 4 is 5.91 Å². The minimum absolute atomic E-state index is 0.0478. The number of likely N-dealkylation sites (tertiary alicyclic amines) is 1. The number of ether oxygens (including phenoxy) is 1. The molecule has 0 bridgehead atoms. The van der Waals surface area contributed by atoms with E-state index in [0.717, 1.165) is 0 Å². The van der Waals surface area contributed by atoms with E-state index in [-0.39, 0.29) is 17.8 Å². The summed E-state index contributed by atoms with van der Waals surface area (Å²) >= 11 is 0. The first kappa shape index (κ1) is 18.0. The molecule has 0 radical (unpaired) electrons. The number of alkyl halides is 3. The van der Waals surface area contributed by atoms with Crippen LogP contribution in [0.3, 0.4) is 0 Å². The highest BCUT2D eigenvalue weighted by molar-refractivity contribution is 5.94. The SMILES string of the molecule is O=C(c1ccccc1)N1CC(Oc2ccc(-c3noc(C(F)(F)F)n3)cc2)C1. The smallest absolute Gasteiger partial charge is 0.471 e. The molecule has 1 aliphatic heterocycles. The zero-order chi connectivity index (χ0) is 19.7. The molecule has 28 heavy (non-hydrogen) atoms. The van der Waals surface area contributed by atoms with Gasteiger partial charge in [0.25, 0.3) is 5.91 Å². The molecule has 144 valence electrons. The van der Waals surface area contributed by atoms with E-state index < -0.39 is 12.1 Å². The van der Waals surface area contributed by atoms with Crippen LogP contribution in [0.1, 0.15) is 16.2 Å². The molecule has 0 unspecified atom stereocenters. The second-order valence-electron chi connectivity index (χ2n) is 6.26. The van der Waals surface area contributed by atoms with Gasteiger partial charge >= 0.3 is 12.1 Å². The normalized spacial score (nSPS) is 14.6. The molecule has 0 atom stereocenters. The van der Waals surface area contributed by atoms with E-state index in [4.69, 9.17) is 4.74 Å². The topological polar surface area (TPSA) is 68.5 Å². The van der Waals surface area contributed by atoms with Gasteiger partial charge in [-0.25, -0.2) is 0 Å². The number of rotatable bonds is 4. The number of hydrogen-bond donors (Lipinski definition) is 0. The molecule has 1 aliphatic rings. The molecule has 9 heteroatoms. The third-order valence-electron chi connectivity index (χ3n) is 4.24. The first-order valence-corrected chi connectivity index (χ1v) is 8.42. The maximum absolute atomic E-state index is 12.5. The van der Waals surface area contributed by atoms with Crippen molar-refractivity contribution in [1.29, 1.82) is 0 Å². The summed E-state index contributed by atoms with van der Waals surface area (Å²) in [6, 6.07) is 15.3. The van der Waals surface area contributed by atoms with Gasteiger partial charge in [0.05, 0.1) is 13.1 Å². The van der Waals surface area contributed by atoms with Crippen molar-refractivity contribution in [1.82, 2.24) is 15.0 Å². The predicted molar refractivity (Wildman–Crippen MR) is 91.5 cm³/mol. The Morgan fingerprint density at radius 1 is 1.07 bits per heavy atom. The Hall–Kier alpha value is -3.36. The van der Waals surface area contributed by atoms with E-state index in [1.54, 1.807) is 41.3 Å². The van der Waals surface area contributed by atoms with Crippen LogP contribution in [-0.4, -0.2) is 40.1 Å².